The second-order valence-corrected chi connectivity index (χ2v) is 9.13. The standard InChI is InChI=1S/C24H32N2O5/c1-23(2)15-30-24(3,4)31-20(23)22(29)25-13-12-19(27)21(28)26-14-17-10-7-9-16-8-5-6-11-18(16)17/h5-11,19-20,27H,12-15H2,1-4H3,(H,25,29)(H,26,28). The Kier molecular flexibility index (Phi) is 6.99. The number of aliphatic hydroxyl groups is 1. The highest BCUT2D eigenvalue weighted by Crippen LogP contribution is 2.34. The molecule has 7 nitrogen and oxygen atoms in total. The maximum Gasteiger partial charge on any atom is 0.249 e. The zero-order chi connectivity index (χ0) is 22.6. The summed E-state index contributed by atoms with van der Waals surface area (Å²) in [6, 6.07) is 13.9. The summed E-state index contributed by atoms with van der Waals surface area (Å²) in [5.41, 5.74) is 0.502. The van der Waals surface area contributed by atoms with Crippen LogP contribution in [-0.4, -0.2) is 48.1 Å². The number of ether oxygens (including phenoxy) is 2. The normalized spacial score (nSPS) is 20.7. The van der Waals surface area contributed by atoms with E-state index >= 15 is 0 Å². The number of carbonyl (C=O) groups excluding carboxylic acids is 2. The van der Waals surface area contributed by atoms with Crippen LogP contribution >= 0.6 is 0 Å². The van der Waals surface area contributed by atoms with Crippen molar-refractivity contribution in [3.8, 4) is 0 Å². The van der Waals surface area contributed by atoms with Crippen molar-refractivity contribution in [1.82, 2.24) is 10.6 Å². The van der Waals surface area contributed by atoms with E-state index in [1.54, 1.807) is 13.8 Å². The third-order valence-corrected chi connectivity index (χ3v) is 5.49. The summed E-state index contributed by atoms with van der Waals surface area (Å²) in [5, 5.41) is 17.9. The molecule has 1 aliphatic rings. The van der Waals surface area contributed by atoms with Gasteiger partial charge < -0.3 is 25.2 Å². The van der Waals surface area contributed by atoms with Gasteiger partial charge >= 0.3 is 0 Å². The lowest BCUT2D eigenvalue weighted by Crippen LogP contribution is -2.56. The molecule has 2 aromatic carbocycles. The Morgan fingerprint density at radius 2 is 1.81 bits per heavy atom. The van der Waals surface area contributed by atoms with E-state index in [4.69, 9.17) is 9.47 Å². The first-order valence-corrected chi connectivity index (χ1v) is 10.6. The molecule has 31 heavy (non-hydrogen) atoms. The summed E-state index contributed by atoms with van der Waals surface area (Å²) in [6.45, 7) is 8.24. The molecule has 2 atom stereocenters. The van der Waals surface area contributed by atoms with Gasteiger partial charge in [0.15, 0.2) is 5.79 Å². The van der Waals surface area contributed by atoms with Gasteiger partial charge in [-0.25, -0.2) is 0 Å². The maximum absolute atomic E-state index is 12.6. The Morgan fingerprint density at radius 3 is 2.58 bits per heavy atom. The van der Waals surface area contributed by atoms with E-state index in [0.717, 1.165) is 16.3 Å². The molecule has 1 aliphatic heterocycles. The summed E-state index contributed by atoms with van der Waals surface area (Å²) in [5.74, 6) is -1.57. The van der Waals surface area contributed by atoms with Crippen molar-refractivity contribution < 1.29 is 24.2 Å². The number of rotatable bonds is 7. The fourth-order valence-corrected chi connectivity index (χ4v) is 3.62. The van der Waals surface area contributed by atoms with Gasteiger partial charge in [-0.1, -0.05) is 56.3 Å². The first-order valence-electron chi connectivity index (χ1n) is 10.6. The molecule has 0 aromatic heterocycles. The highest BCUT2D eigenvalue weighted by atomic mass is 16.7. The van der Waals surface area contributed by atoms with Gasteiger partial charge in [0.1, 0.15) is 12.2 Å². The molecule has 0 saturated carbocycles. The monoisotopic (exact) mass is 428 g/mol. The largest absolute Gasteiger partial charge is 0.383 e. The molecule has 3 rings (SSSR count). The van der Waals surface area contributed by atoms with E-state index in [1.807, 2.05) is 56.3 Å². The quantitative estimate of drug-likeness (QED) is 0.630. The molecule has 0 spiro atoms. The molecule has 0 radical (unpaired) electrons. The smallest absolute Gasteiger partial charge is 0.249 e. The Labute approximate surface area is 183 Å². The van der Waals surface area contributed by atoms with Gasteiger partial charge in [-0.05, 0) is 36.6 Å². The summed E-state index contributed by atoms with van der Waals surface area (Å²) in [6.07, 6.45) is -1.77. The molecule has 0 aliphatic carbocycles. The summed E-state index contributed by atoms with van der Waals surface area (Å²) in [7, 11) is 0. The number of carbonyl (C=O) groups is 2. The zero-order valence-electron chi connectivity index (χ0n) is 18.6. The van der Waals surface area contributed by atoms with Crippen molar-refractivity contribution in [3.63, 3.8) is 0 Å². The van der Waals surface area contributed by atoms with Gasteiger partial charge in [-0.3, -0.25) is 9.59 Å². The molecular weight excluding hydrogens is 396 g/mol. The van der Waals surface area contributed by atoms with E-state index in [1.165, 1.54) is 0 Å². The summed E-state index contributed by atoms with van der Waals surface area (Å²) < 4.78 is 11.4. The van der Waals surface area contributed by atoms with Crippen LogP contribution < -0.4 is 10.6 Å². The minimum Gasteiger partial charge on any atom is -0.383 e. The molecular formula is C24H32N2O5. The van der Waals surface area contributed by atoms with Crippen LogP contribution in [0.15, 0.2) is 42.5 Å². The summed E-state index contributed by atoms with van der Waals surface area (Å²) >= 11 is 0. The number of hydrogen-bond donors (Lipinski definition) is 3. The Morgan fingerprint density at radius 1 is 1.10 bits per heavy atom. The minimum absolute atomic E-state index is 0.111. The molecule has 168 valence electrons. The van der Waals surface area contributed by atoms with Crippen molar-refractivity contribution in [3.05, 3.63) is 48.0 Å². The second kappa shape index (κ2) is 9.34. The van der Waals surface area contributed by atoms with Crippen LogP contribution in [0.25, 0.3) is 10.8 Å². The van der Waals surface area contributed by atoms with Crippen LogP contribution in [0.4, 0.5) is 0 Å². The number of aliphatic hydroxyl groups excluding tert-OH is 1. The molecule has 1 saturated heterocycles. The third kappa shape index (κ3) is 5.81. The number of hydrogen-bond acceptors (Lipinski definition) is 5. The fourth-order valence-electron chi connectivity index (χ4n) is 3.62. The van der Waals surface area contributed by atoms with Crippen molar-refractivity contribution in [1.29, 1.82) is 0 Å². The molecule has 3 N–H and O–H groups in total. The fraction of sp³-hybridized carbons (Fsp3) is 0.500. The Balaban J connectivity index is 1.47. The Bertz CT molecular complexity index is 935. The van der Waals surface area contributed by atoms with Crippen LogP contribution in [0.5, 0.6) is 0 Å². The molecule has 7 heteroatoms. The molecule has 0 bridgehead atoms. The number of amides is 2. The highest BCUT2D eigenvalue weighted by Gasteiger charge is 2.45. The average Bonchev–Trinajstić information content (AvgIpc) is 2.73. The van der Waals surface area contributed by atoms with Crippen LogP contribution in [0.2, 0.25) is 0 Å². The number of benzene rings is 2. The van der Waals surface area contributed by atoms with Gasteiger partial charge in [-0.15, -0.1) is 0 Å². The number of fused-ring (bicyclic) bond motifs is 1. The first-order chi connectivity index (χ1) is 14.6. The lowest BCUT2D eigenvalue weighted by atomic mass is 9.85. The third-order valence-electron chi connectivity index (χ3n) is 5.49. The lowest BCUT2D eigenvalue weighted by Gasteiger charge is -2.44. The Hall–Kier alpha value is -2.48. The van der Waals surface area contributed by atoms with Crippen molar-refractivity contribution in [2.24, 2.45) is 5.41 Å². The van der Waals surface area contributed by atoms with Crippen molar-refractivity contribution in [2.75, 3.05) is 13.2 Å². The maximum atomic E-state index is 12.6. The molecule has 2 unspecified atom stereocenters. The van der Waals surface area contributed by atoms with Crippen LogP contribution in [0.1, 0.15) is 39.7 Å². The molecule has 2 aromatic rings. The van der Waals surface area contributed by atoms with Crippen LogP contribution in [-0.2, 0) is 25.6 Å². The minimum atomic E-state index is -1.21. The summed E-state index contributed by atoms with van der Waals surface area (Å²) in [4.78, 5) is 24.9. The van der Waals surface area contributed by atoms with Gasteiger partial charge in [0.25, 0.3) is 0 Å². The van der Waals surface area contributed by atoms with Crippen LogP contribution in [0.3, 0.4) is 0 Å². The lowest BCUT2D eigenvalue weighted by molar-refractivity contribution is -0.304. The topological polar surface area (TPSA) is 96.9 Å². The second-order valence-electron chi connectivity index (χ2n) is 9.13. The van der Waals surface area contributed by atoms with Crippen molar-refractivity contribution in [2.45, 2.75) is 58.7 Å². The van der Waals surface area contributed by atoms with Gasteiger partial charge in [0.05, 0.1) is 6.61 Å². The van der Waals surface area contributed by atoms with Gasteiger partial charge in [0, 0.05) is 18.5 Å². The predicted octanol–water partition coefficient (Wildman–Crippen LogP) is 2.50. The average molecular weight is 429 g/mol. The van der Waals surface area contributed by atoms with E-state index in [-0.39, 0.29) is 18.9 Å². The highest BCUT2D eigenvalue weighted by molar-refractivity contribution is 5.86. The molecule has 2 amide bonds. The zero-order valence-corrected chi connectivity index (χ0v) is 18.6. The van der Waals surface area contributed by atoms with Crippen molar-refractivity contribution >= 4 is 22.6 Å². The van der Waals surface area contributed by atoms with E-state index in [9.17, 15) is 14.7 Å². The van der Waals surface area contributed by atoms with E-state index in [2.05, 4.69) is 10.6 Å². The first kappa shape index (κ1) is 23.2. The van der Waals surface area contributed by atoms with Gasteiger partial charge in [0.2, 0.25) is 11.8 Å². The predicted molar refractivity (Wildman–Crippen MR) is 118 cm³/mol. The SMILES string of the molecule is CC1(C)OCC(C)(C)C(C(=O)NCCC(O)C(=O)NCc2cccc3ccccc23)O1. The van der Waals surface area contributed by atoms with Crippen LogP contribution in [0, 0.1) is 5.41 Å². The van der Waals surface area contributed by atoms with Gasteiger partial charge in [-0.2, -0.15) is 0 Å². The molecule has 1 heterocycles. The molecule has 1 fully saturated rings. The van der Waals surface area contributed by atoms with E-state index in [0.29, 0.717) is 13.2 Å². The number of nitrogens with one attached hydrogen (secondary N) is 2. The van der Waals surface area contributed by atoms with E-state index < -0.39 is 29.3 Å².